The van der Waals surface area contributed by atoms with Crippen LogP contribution in [0.3, 0.4) is 0 Å². The lowest BCUT2D eigenvalue weighted by atomic mass is 9.88. The first-order chi connectivity index (χ1) is 14.5. The van der Waals surface area contributed by atoms with Gasteiger partial charge in [-0.25, -0.2) is 0 Å². The van der Waals surface area contributed by atoms with Crippen molar-refractivity contribution in [2.45, 2.75) is 18.4 Å². The molecule has 0 aliphatic carbocycles. The number of halogens is 1. The third kappa shape index (κ3) is 6.23. The standard InChI is InChI=1S/C22H36ClN5O2/c1-24-21(25-18-22(26(2)3)8-15-29-16-9-22)28-12-10-27(11-13-28)14-17-30-20-6-4-19(23)5-7-20/h4-7H,8-18H2,1-3H3,(H,24,25). The van der Waals surface area contributed by atoms with Crippen molar-refractivity contribution in [3.8, 4) is 5.75 Å². The van der Waals surface area contributed by atoms with Crippen LogP contribution in [0.15, 0.2) is 29.3 Å². The molecule has 2 fully saturated rings. The maximum atomic E-state index is 5.92. The third-order valence-corrected chi connectivity index (χ3v) is 6.57. The number of aliphatic imine (C=N–C) groups is 1. The molecule has 2 aliphatic heterocycles. The highest BCUT2D eigenvalue weighted by Crippen LogP contribution is 2.25. The fraction of sp³-hybridized carbons (Fsp3) is 0.682. The summed E-state index contributed by atoms with van der Waals surface area (Å²) in [6.45, 7) is 8.12. The molecule has 1 aromatic rings. The minimum atomic E-state index is 0.134. The number of hydrogen-bond donors (Lipinski definition) is 1. The van der Waals surface area contributed by atoms with E-state index in [0.29, 0.717) is 6.61 Å². The second kappa shape index (κ2) is 11.2. The number of benzene rings is 1. The van der Waals surface area contributed by atoms with Crippen LogP contribution in [0.25, 0.3) is 0 Å². The molecule has 1 aromatic carbocycles. The van der Waals surface area contributed by atoms with E-state index in [1.807, 2.05) is 31.3 Å². The van der Waals surface area contributed by atoms with Crippen molar-refractivity contribution in [1.82, 2.24) is 20.0 Å². The van der Waals surface area contributed by atoms with Crippen LogP contribution in [0.5, 0.6) is 5.75 Å². The minimum Gasteiger partial charge on any atom is -0.492 e. The summed E-state index contributed by atoms with van der Waals surface area (Å²) in [6, 6.07) is 7.54. The summed E-state index contributed by atoms with van der Waals surface area (Å²) >= 11 is 5.92. The Bertz CT molecular complexity index is 669. The van der Waals surface area contributed by atoms with E-state index >= 15 is 0 Å². The summed E-state index contributed by atoms with van der Waals surface area (Å²) in [5, 5.41) is 4.37. The molecule has 0 bridgehead atoms. The van der Waals surface area contributed by atoms with Gasteiger partial charge in [0.15, 0.2) is 5.96 Å². The van der Waals surface area contributed by atoms with E-state index in [1.54, 1.807) is 0 Å². The lowest BCUT2D eigenvalue weighted by molar-refractivity contribution is -0.00535. The molecule has 0 amide bonds. The first-order valence-electron chi connectivity index (χ1n) is 10.8. The van der Waals surface area contributed by atoms with Crippen molar-refractivity contribution < 1.29 is 9.47 Å². The van der Waals surface area contributed by atoms with Crippen LogP contribution in [-0.4, -0.2) is 106 Å². The molecule has 2 aliphatic rings. The lowest BCUT2D eigenvalue weighted by Gasteiger charge is -2.44. The number of nitrogens with zero attached hydrogens (tertiary/aromatic N) is 4. The zero-order chi connectivity index (χ0) is 21.4. The van der Waals surface area contributed by atoms with Gasteiger partial charge in [-0.1, -0.05) is 11.6 Å². The molecule has 0 spiro atoms. The smallest absolute Gasteiger partial charge is 0.193 e. The largest absolute Gasteiger partial charge is 0.492 e. The van der Waals surface area contributed by atoms with Crippen molar-refractivity contribution in [1.29, 1.82) is 0 Å². The molecule has 8 heteroatoms. The number of ether oxygens (including phenoxy) is 2. The van der Waals surface area contributed by atoms with Crippen molar-refractivity contribution in [3.05, 3.63) is 29.3 Å². The molecular formula is C22H36ClN5O2. The average Bonchev–Trinajstić information content (AvgIpc) is 2.77. The highest BCUT2D eigenvalue weighted by molar-refractivity contribution is 6.30. The molecular weight excluding hydrogens is 402 g/mol. The van der Waals surface area contributed by atoms with Crippen LogP contribution in [0.2, 0.25) is 5.02 Å². The van der Waals surface area contributed by atoms with Gasteiger partial charge in [0.05, 0.1) is 0 Å². The van der Waals surface area contributed by atoms with Crippen LogP contribution in [-0.2, 0) is 4.74 Å². The van der Waals surface area contributed by atoms with E-state index in [1.165, 1.54) is 0 Å². The Hall–Kier alpha value is -1.54. The molecule has 168 valence electrons. The third-order valence-electron chi connectivity index (χ3n) is 6.32. The molecule has 1 N–H and O–H groups in total. The van der Waals surface area contributed by atoms with E-state index < -0.39 is 0 Å². The van der Waals surface area contributed by atoms with Crippen molar-refractivity contribution in [3.63, 3.8) is 0 Å². The van der Waals surface area contributed by atoms with Gasteiger partial charge in [-0.2, -0.15) is 0 Å². The molecule has 2 saturated heterocycles. The quantitative estimate of drug-likeness (QED) is 0.520. The Morgan fingerprint density at radius 2 is 1.83 bits per heavy atom. The first kappa shape index (κ1) is 23.1. The van der Waals surface area contributed by atoms with E-state index in [4.69, 9.17) is 21.1 Å². The summed E-state index contributed by atoms with van der Waals surface area (Å²) < 4.78 is 11.4. The number of piperazine rings is 1. The summed E-state index contributed by atoms with van der Waals surface area (Å²) in [7, 11) is 6.21. The van der Waals surface area contributed by atoms with E-state index in [-0.39, 0.29) is 5.54 Å². The Labute approximate surface area is 186 Å². The fourth-order valence-corrected chi connectivity index (χ4v) is 4.24. The number of nitrogens with one attached hydrogen (secondary N) is 1. The highest BCUT2D eigenvalue weighted by atomic mass is 35.5. The number of likely N-dealkylation sites (N-methyl/N-ethyl adjacent to an activating group) is 1. The highest BCUT2D eigenvalue weighted by Gasteiger charge is 2.35. The van der Waals surface area contributed by atoms with Gasteiger partial charge >= 0.3 is 0 Å². The van der Waals surface area contributed by atoms with Crippen molar-refractivity contribution in [2.75, 3.05) is 80.2 Å². The molecule has 30 heavy (non-hydrogen) atoms. The van der Waals surface area contributed by atoms with Crippen LogP contribution in [0.4, 0.5) is 0 Å². The van der Waals surface area contributed by atoms with Gasteiger partial charge in [0.25, 0.3) is 0 Å². The van der Waals surface area contributed by atoms with Gasteiger partial charge in [-0.05, 0) is 51.2 Å². The number of guanidine groups is 1. The zero-order valence-electron chi connectivity index (χ0n) is 18.6. The molecule has 0 atom stereocenters. The van der Waals surface area contributed by atoms with Crippen LogP contribution in [0.1, 0.15) is 12.8 Å². The Balaban J connectivity index is 1.41. The molecule has 7 nitrogen and oxygen atoms in total. The SMILES string of the molecule is CN=C(NCC1(N(C)C)CCOCC1)N1CCN(CCOc2ccc(Cl)cc2)CC1. The summed E-state index contributed by atoms with van der Waals surface area (Å²) in [6.07, 6.45) is 2.09. The Morgan fingerprint density at radius 3 is 2.43 bits per heavy atom. The second-order valence-electron chi connectivity index (χ2n) is 8.26. The first-order valence-corrected chi connectivity index (χ1v) is 11.2. The fourth-order valence-electron chi connectivity index (χ4n) is 4.12. The molecule has 0 radical (unpaired) electrons. The summed E-state index contributed by atoms with van der Waals surface area (Å²) in [5.74, 6) is 1.87. The average molecular weight is 438 g/mol. The van der Waals surface area contributed by atoms with Gasteiger partial charge in [0.1, 0.15) is 12.4 Å². The molecule has 3 rings (SSSR count). The molecule has 2 heterocycles. The number of hydrogen-bond acceptors (Lipinski definition) is 5. The molecule has 0 saturated carbocycles. The summed E-state index contributed by atoms with van der Waals surface area (Å²) in [5.41, 5.74) is 0.134. The Kier molecular flexibility index (Phi) is 8.62. The van der Waals surface area contributed by atoms with Crippen LogP contribution < -0.4 is 10.1 Å². The predicted molar refractivity (Wildman–Crippen MR) is 123 cm³/mol. The maximum Gasteiger partial charge on any atom is 0.193 e. The normalized spacial score (nSPS) is 20.4. The topological polar surface area (TPSA) is 52.6 Å². The minimum absolute atomic E-state index is 0.134. The van der Waals surface area contributed by atoms with Crippen molar-refractivity contribution in [2.24, 2.45) is 4.99 Å². The summed E-state index contributed by atoms with van der Waals surface area (Å²) in [4.78, 5) is 11.7. The van der Waals surface area contributed by atoms with Gasteiger partial charge in [0, 0.05) is 70.1 Å². The second-order valence-corrected chi connectivity index (χ2v) is 8.70. The van der Waals surface area contributed by atoms with E-state index in [9.17, 15) is 0 Å². The molecule has 0 aromatic heterocycles. The van der Waals surface area contributed by atoms with Gasteiger partial charge in [-0.3, -0.25) is 9.89 Å². The predicted octanol–water partition coefficient (Wildman–Crippen LogP) is 2.02. The maximum absolute atomic E-state index is 5.92. The van der Waals surface area contributed by atoms with Crippen LogP contribution >= 0.6 is 11.6 Å². The molecule has 0 unspecified atom stereocenters. The van der Waals surface area contributed by atoms with Gasteiger partial charge in [0.2, 0.25) is 0 Å². The van der Waals surface area contributed by atoms with Gasteiger partial charge < -0.3 is 24.6 Å². The van der Waals surface area contributed by atoms with Crippen molar-refractivity contribution >= 4 is 17.6 Å². The Morgan fingerprint density at radius 1 is 1.17 bits per heavy atom. The monoisotopic (exact) mass is 437 g/mol. The van der Waals surface area contributed by atoms with Gasteiger partial charge in [-0.15, -0.1) is 0 Å². The van der Waals surface area contributed by atoms with E-state index in [2.05, 4.69) is 39.1 Å². The van der Waals surface area contributed by atoms with E-state index in [0.717, 1.165) is 82.1 Å². The lowest BCUT2D eigenvalue weighted by Crippen LogP contribution is -2.59. The van der Waals surface area contributed by atoms with Crippen LogP contribution in [0, 0.1) is 0 Å². The number of rotatable bonds is 7. The zero-order valence-corrected chi connectivity index (χ0v) is 19.3.